The van der Waals surface area contributed by atoms with Crippen molar-refractivity contribution in [3.8, 4) is 17.1 Å². The van der Waals surface area contributed by atoms with Crippen LogP contribution >= 0.6 is 11.8 Å². The van der Waals surface area contributed by atoms with Gasteiger partial charge in [0.2, 0.25) is 0 Å². The van der Waals surface area contributed by atoms with Crippen LogP contribution < -0.4 is 10.5 Å². The minimum Gasteiger partial charge on any atom is -0.493 e. The van der Waals surface area contributed by atoms with Crippen molar-refractivity contribution in [2.75, 3.05) is 19.5 Å². The lowest BCUT2D eigenvalue weighted by Crippen LogP contribution is -2.25. The normalized spacial score (nSPS) is 11.9. The molecule has 0 aliphatic heterocycles. The molecule has 0 aliphatic rings. The van der Waals surface area contributed by atoms with Gasteiger partial charge >= 0.3 is 5.97 Å². The molecule has 7 heteroatoms. The van der Waals surface area contributed by atoms with Gasteiger partial charge in [0.05, 0.1) is 26.2 Å². The fraction of sp³-hybridized carbons (Fsp3) is 0.385. The van der Waals surface area contributed by atoms with Gasteiger partial charge in [-0.05, 0) is 51.1 Å². The highest BCUT2D eigenvalue weighted by Crippen LogP contribution is 2.26. The number of aromatic nitrogens is 2. The smallest absolute Gasteiger partial charge is 0.307 e. The monoisotopic (exact) mass is 467 g/mol. The second-order valence-corrected chi connectivity index (χ2v) is 8.79. The minimum atomic E-state index is -0.245. The van der Waals surface area contributed by atoms with Crippen LogP contribution in [0.4, 0.5) is 0 Å². The maximum Gasteiger partial charge on any atom is 0.307 e. The Kier molecular flexibility index (Phi) is 9.39. The molecule has 176 valence electrons. The molecule has 33 heavy (non-hydrogen) atoms. The van der Waals surface area contributed by atoms with Crippen molar-refractivity contribution in [2.45, 2.75) is 50.6 Å². The summed E-state index contributed by atoms with van der Waals surface area (Å²) in [5.74, 6) is 1.55. The molecule has 0 amide bonds. The first kappa shape index (κ1) is 24.9. The van der Waals surface area contributed by atoms with Crippen molar-refractivity contribution in [2.24, 2.45) is 5.73 Å². The fourth-order valence-electron chi connectivity index (χ4n) is 3.64. The summed E-state index contributed by atoms with van der Waals surface area (Å²) in [6, 6.07) is 16.4. The van der Waals surface area contributed by atoms with E-state index in [1.807, 2.05) is 24.4 Å². The van der Waals surface area contributed by atoms with E-state index < -0.39 is 0 Å². The molecular weight excluding hydrogens is 434 g/mol. The van der Waals surface area contributed by atoms with Crippen LogP contribution in [0.15, 0.2) is 59.6 Å². The Labute approximate surface area is 200 Å². The number of nitrogens with zero attached hydrogens (tertiary/aromatic N) is 2. The number of nitrogens with two attached hydrogens (primary N) is 1. The van der Waals surface area contributed by atoms with Crippen LogP contribution in [0.2, 0.25) is 0 Å². The van der Waals surface area contributed by atoms with Crippen molar-refractivity contribution < 1.29 is 14.3 Å². The zero-order valence-electron chi connectivity index (χ0n) is 19.6. The number of aryl methyl sites for hydroxylation is 1. The summed E-state index contributed by atoms with van der Waals surface area (Å²) in [5, 5.41) is 0. The molecule has 2 N–H and O–H groups in total. The van der Waals surface area contributed by atoms with Crippen LogP contribution in [-0.2, 0) is 16.1 Å². The molecule has 6 nitrogen and oxygen atoms in total. The van der Waals surface area contributed by atoms with Crippen molar-refractivity contribution in [1.82, 2.24) is 9.55 Å². The van der Waals surface area contributed by atoms with Gasteiger partial charge in [0.15, 0.2) is 0 Å². The standard InChI is InChI=1S/C26H33N3O3S/c1-4-31-25(30)16-22(27)9-7-15-32-24-10-6-5-8-21(24)18-29-19(2)17-28-26(29)20-11-13-23(33-3)14-12-20/h5-6,8,10-14,17,22H,4,7,9,15-16,18,27H2,1-3H3/t22-/m1/s1. The molecule has 0 aliphatic carbocycles. The quantitative estimate of drug-likeness (QED) is 0.228. The van der Waals surface area contributed by atoms with Crippen LogP contribution in [0.25, 0.3) is 11.4 Å². The van der Waals surface area contributed by atoms with Gasteiger partial charge in [0.1, 0.15) is 11.6 Å². The van der Waals surface area contributed by atoms with Crippen molar-refractivity contribution in [1.29, 1.82) is 0 Å². The van der Waals surface area contributed by atoms with Crippen LogP contribution in [0.1, 0.15) is 37.4 Å². The first-order chi connectivity index (χ1) is 16.0. The summed E-state index contributed by atoms with van der Waals surface area (Å²) in [6.45, 7) is 5.46. The summed E-state index contributed by atoms with van der Waals surface area (Å²) >= 11 is 1.73. The molecule has 0 fully saturated rings. The average molecular weight is 468 g/mol. The van der Waals surface area contributed by atoms with Crippen LogP contribution in [0, 0.1) is 6.92 Å². The second kappa shape index (κ2) is 12.5. The number of esters is 1. The van der Waals surface area contributed by atoms with E-state index >= 15 is 0 Å². The van der Waals surface area contributed by atoms with Gasteiger partial charge in [-0.1, -0.05) is 30.3 Å². The Morgan fingerprint density at radius 3 is 2.67 bits per heavy atom. The molecule has 1 aromatic heterocycles. The summed E-state index contributed by atoms with van der Waals surface area (Å²) < 4.78 is 13.3. The van der Waals surface area contributed by atoms with E-state index in [-0.39, 0.29) is 18.4 Å². The third-order valence-electron chi connectivity index (χ3n) is 5.42. The number of imidazole rings is 1. The van der Waals surface area contributed by atoms with Gasteiger partial charge < -0.3 is 19.8 Å². The SMILES string of the molecule is CCOC(=O)C[C@H](N)CCCOc1ccccc1Cn1c(C)cnc1-c1ccc(SC)cc1. The number of benzene rings is 2. The van der Waals surface area contributed by atoms with Gasteiger partial charge in [0.25, 0.3) is 0 Å². The van der Waals surface area contributed by atoms with E-state index in [0.717, 1.165) is 34.8 Å². The zero-order chi connectivity index (χ0) is 23.6. The van der Waals surface area contributed by atoms with E-state index in [1.165, 1.54) is 4.90 Å². The molecule has 0 radical (unpaired) electrons. The van der Waals surface area contributed by atoms with Crippen molar-refractivity contribution in [3.05, 3.63) is 66.0 Å². The number of carbonyl (C=O) groups is 1. The Balaban J connectivity index is 1.63. The molecule has 3 rings (SSSR count). The Bertz CT molecular complexity index is 1030. The van der Waals surface area contributed by atoms with Gasteiger partial charge in [-0.2, -0.15) is 0 Å². The number of hydrogen-bond donors (Lipinski definition) is 1. The topological polar surface area (TPSA) is 79.4 Å². The minimum absolute atomic E-state index is 0.212. The van der Waals surface area contributed by atoms with Gasteiger partial charge in [-0.25, -0.2) is 4.98 Å². The molecule has 1 heterocycles. The molecule has 1 atom stereocenters. The lowest BCUT2D eigenvalue weighted by atomic mass is 10.1. The Morgan fingerprint density at radius 1 is 1.18 bits per heavy atom. The van der Waals surface area contributed by atoms with Crippen LogP contribution in [0.5, 0.6) is 5.75 Å². The van der Waals surface area contributed by atoms with Gasteiger partial charge in [-0.15, -0.1) is 11.8 Å². The highest BCUT2D eigenvalue weighted by molar-refractivity contribution is 7.98. The molecule has 0 saturated heterocycles. The predicted molar refractivity (Wildman–Crippen MR) is 134 cm³/mol. The van der Waals surface area contributed by atoms with E-state index in [0.29, 0.717) is 26.2 Å². The maximum absolute atomic E-state index is 11.6. The zero-order valence-corrected chi connectivity index (χ0v) is 20.4. The van der Waals surface area contributed by atoms with Crippen molar-refractivity contribution >= 4 is 17.7 Å². The van der Waals surface area contributed by atoms with Crippen molar-refractivity contribution in [3.63, 3.8) is 0 Å². The summed E-state index contributed by atoms with van der Waals surface area (Å²) in [5.41, 5.74) is 9.33. The molecular formula is C26H33N3O3S. The first-order valence-electron chi connectivity index (χ1n) is 11.3. The second-order valence-electron chi connectivity index (χ2n) is 7.91. The number of carbonyl (C=O) groups excluding carboxylic acids is 1. The molecule has 0 saturated carbocycles. The first-order valence-corrected chi connectivity index (χ1v) is 12.5. The molecule has 0 unspecified atom stereocenters. The summed E-state index contributed by atoms with van der Waals surface area (Å²) in [4.78, 5) is 17.4. The number of hydrogen-bond acceptors (Lipinski definition) is 6. The maximum atomic E-state index is 11.6. The fourth-order valence-corrected chi connectivity index (χ4v) is 4.05. The third-order valence-corrected chi connectivity index (χ3v) is 6.16. The van der Waals surface area contributed by atoms with Gasteiger partial charge in [-0.3, -0.25) is 4.79 Å². The number of thioether (sulfide) groups is 1. The molecule has 3 aromatic rings. The Hall–Kier alpha value is -2.77. The van der Waals surface area contributed by atoms with E-state index in [1.54, 1.807) is 18.7 Å². The summed E-state index contributed by atoms with van der Waals surface area (Å²) in [7, 11) is 0. The van der Waals surface area contributed by atoms with Crippen LogP contribution in [-0.4, -0.2) is 41.0 Å². The predicted octanol–water partition coefficient (Wildman–Crippen LogP) is 5.07. The lowest BCUT2D eigenvalue weighted by molar-refractivity contribution is -0.143. The van der Waals surface area contributed by atoms with E-state index in [9.17, 15) is 4.79 Å². The van der Waals surface area contributed by atoms with E-state index in [4.69, 9.17) is 15.2 Å². The summed E-state index contributed by atoms with van der Waals surface area (Å²) in [6.07, 6.45) is 5.70. The Morgan fingerprint density at radius 2 is 1.94 bits per heavy atom. The van der Waals surface area contributed by atoms with Gasteiger partial charge in [0, 0.05) is 34.0 Å². The lowest BCUT2D eigenvalue weighted by Gasteiger charge is -2.16. The highest BCUT2D eigenvalue weighted by Gasteiger charge is 2.13. The largest absolute Gasteiger partial charge is 0.493 e. The average Bonchev–Trinajstić information content (AvgIpc) is 3.18. The van der Waals surface area contributed by atoms with E-state index in [2.05, 4.69) is 53.1 Å². The number of para-hydroxylation sites is 1. The molecule has 0 spiro atoms. The third kappa shape index (κ3) is 7.11. The molecule has 2 aromatic carbocycles. The van der Waals surface area contributed by atoms with Crippen LogP contribution in [0.3, 0.4) is 0 Å². The number of rotatable bonds is 12. The number of ether oxygens (including phenoxy) is 2. The molecule has 0 bridgehead atoms. The highest BCUT2D eigenvalue weighted by atomic mass is 32.2.